The standard InChI is InChI=1S/C14H17F2NO2/c1-14(2,3)11(18)8-17-12(19)7-9-5-4-6-10(15)13(9)16/h4-6H,7-8H2,1-3H3,(H,17,19). The maximum absolute atomic E-state index is 13.3. The first-order chi connectivity index (χ1) is 8.71. The van der Waals surface area contributed by atoms with Gasteiger partial charge in [0.2, 0.25) is 5.91 Å². The summed E-state index contributed by atoms with van der Waals surface area (Å²) >= 11 is 0. The van der Waals surface area contributed by atoms with Crippen LogP contribution in [-0.4, -0.2) is 18.2 Å². The lowest BCUT2D eigenvalue weighted by Gasteiger charge is -2.16. The molecule has 1 aromatic carbocycles. The number of carbonyl (C=O) groups is 2. The number of hydrogen-bond acceptors (Lipinski definition) is 2. The fourth-order valence-corrected chi connectivity index (χ4v) is 1.36. The molecule has 1 amide bonds. The minimum atomic E-state index is -1.03. The number of ketones is 1. The van der Waals surface area contributed by atoms with Crippen LogP contribution in [0.4, 0.5) is 8.78 Å². The van der Waals surface area contributed by atoms with Crippen LogP contribution in [-0.2, 0) is 16.0 Å². The number of hydrogen-bond donors (Lipinski definition) is 1. The van der Waals surface area contributed by atoms with E-state index in [1.165, 1.54) is 12.1 Å². The van der Waals surface area contributed by atoms with Crippen LogP contribution in [0.2, 0.25) is 0 Å². The highest BCUT2D eigenvalue weighted by Gasteiger charge is 2.21. The third kappa shape index (κ3) is 4.43. The monoisotopic (exact) mass is 269 g/mol. The smallest absolute Gasteiger partial charge is 0.224 e. The Balaban J connectivity index is 2.57. The highest BCUT2D eigenvalue weighted by molar-refractivity contribution is 5.89. The molecule has 0 aliphatic carbocycles. The molecule has 1 rings (SSSR count). The summed E-state index contributed by atoms with van der Waals surface area (Å²) in [7, 11) is 0. The van der Waals surface area contributed by atoms with Crippen LogP contribution in [0.1, 0.15) is 26.3 Å². The normalized spacial score (nSPS) is 11.2. The van der Waals surface area contributed by atoms with E-state index in [4.69, 9.17) is 0 Å². The second-order valence-corrected chi connectivity index (χ2v) is 5.34. The molecule has 19 heavy (non-hydrogen) atoms. The predicted octanol–water partition coefficient (Wildman–Crippen LogP) is 2.24. The van der Waals surface area contributed by atoms with Gasteiger partial charge in [0.1, 0.15) is 0 Å². The Bertz CT molecular complexity index is 493. The molecule has 0 radical (unpaired) electrons. The number of benzene rings is 1. The first kappa shape index (κ1) is 15.3. The van der Waals surface area contributed by atoms with E-state index in [0.29, 0.717) is 0 Å². The molecule has 104 valence electrons. The second kappa shape index (κ2) is 5.91. The van der Waals surface area contributed by atoms with Gasteiger partial charge in [0.05, 0.1) is 13.0 Å². The molecule has 0 atom stereocenters. The number of amides is 1. The van der Waals surface area contributed by atoms with Gasteiger partial charge in [-0.05, 0) is 6.07 Å². The van der Waals surface area contributed by atoms with Crippen LogP contribution in [0.5, 0.6) is 0 Å². The molecule has 5 heteroatoms. The maximum atomic E-state index is 13.3. The fourth-order valence-electron chi connectivity index (χ4n) is 1.36. The average Bonchev–Trinajstić information content (AvgIpc) is 2.30. The van der Waals surface area contributed by atoms with Crippen molar-refractivity contribution in [2.75, 3.05) is 6.54 Å². The lowest BCUT2D eigenvalue weighted by atomic mass is 9.91. The third-order valence-corrected chi connectivity index (χ3v) is 2.67. The summed E-state index contributed by atoms with van der Waals surface area (Å²) in [4.78, 5) is 23.1. The van der Waals surface area contributed by atoms with Crippen molar-refractivity contribution in [2.24, 2.45) is 5.41 Å². The molecule has 0 saturated carbocycles. The molecule has 0 aliphatic rings. The summed E-state index contributed by atoms with van der Waals surface area (Å²) < 4.78 is 26.3. The summed E-state index contributed by atoms with van der Waals surface area (Å²) in [5.74, 6) is -2.65. The zero-order chi connectivity index (χ0) is 14.6. The zero-order valence-corrected chi connectivity index (χ0v) is 11.2. The van der Waals surface area contributed by atoms with E-state index in [-0.39, 0.29) is 24.3 Å². The predicted molar refractivity (Wildman–Crippen MR) is 67.5 cm³/mol. The van der Waals surface area contributed by atoms with Crippen LogP contribution < -0.4 is 5.32 Å². The molecule has 0 unspecified atom stereocenters. The topological polar surface area (TPSA) is 46.2 Å². The highest BCUT2D eigenvalue weighted by atomic mass is 19.2. The SMILES string of the molecule is CC(C)(C)C(=O)CNC(=O)Cc1cccc(F)c1F. The van der Waals surface area contributed by atoms with Gasteiger partial charge in [-0.25, -0.2) is 8.78 Å². The minimum Gasteiger partial charge on any atom is -0.349 e. The Labute approximate surface area is 111 Å². The largest absolute Gasteiger partial charge is 0.349 e. The van der Waals surface area contributed by atoms with Crippen LogP contribution in [0.15, 0.2) is 18.2 Å². The van der Waals surface area contributed by atoms with Gasteiger partial charge in [0.25, 0.3) is 0 Å². The molecule has 1 aromatic rings. The van der Waals surface area contributed by atoms with Crippen LogP contribution in [0.25, 0.3) is 0 Å². The van der Waals surface area contributed by atoms with Gasteiger partial charge in [-0.1, -0.05) is 32.9 Å². The van der Waals surface area contributed by atoms with Crippen molar-refractivity contribution in [1.82, 2.24) is 5.32 Å². The molecule has 0 heterocycles. The molecule has 1 N–H and O–H groups in total. The summed E-state index contributed by atoms with van der Waals surface area (Å²) in [6.45, 7) is 5.12. The number of carbonyl (C=O) groups excluding carboxylic acids is 2. The lowest BCUT2D eigenvalue weighted by Crippen LogP contribution is -2.36. The van der Waals surface area contributed by atoms with Crippen molar-refractivity contribution in [1.29, 1.82) is 0 Å². The van der Waals surface area contributed by atoms with Crippen molar-refractivity contribution < 1.29 is 18.4 Å². The van der Waals surface area contributed by atoms with Gasteiger partial charge in [-0.2, -0.15) is 0 Å². The minimum absolute atomic E-state index is 0.0271. The Kier molecular flexibility index (Phi) is 4.75. The van der Waals surface area contributed by atoms with Gasteiger partial charge in [0.15, 0.2) is 17.4 Å². The van der Waals surface area contributed by atoms with E-state index in [0.717, 1.165) is 6.07 Å². The highest BCUT2D eigenvalue weighted by Crippen LogP contribution is 2.14. The summed E-state index contributed by atoms with van der Waals surface area (Å²) in [6, 6.07) is 3.66. The summed E-state index contributed by atoms with van der Waals surface area (Å²) in [5.41, 5.74) is -0.571. The van der Waals surface area contributed by atoms with Crippen molar-refractivity contribution in [3.8, 4) is 0 Å². The van der Waals surface area contributed by atoms with Crippen LogP contribution in [0, 0.1) is 17.0 Å². The Morgan fingerprint density at radius 2 is 1.84 bits per heavy atom. The molecular formula is C14H17F2NO2. The first-order valence-corrected chi connectivity index (χ1v) is 5.94. The first-order valence-electron chi connectivity index (χ1n) is 5.94. The van der Waals surface area contributed by atoms with E-state index >= 15 is 0 Å². The Morgan fingerprint density at radius 3 is 2.42 bits per heavy atom. The van der Waals surface area contributed by atoms with Gasteiger partial charge >= 0.3 is 0 Å². The second-order valence-electron chi connectivity index (χ2n) is 5.34. The fraction of sp³-hybridized carbons (Fsp3) is 0.429. The Hall–Kier alpha value is -1.78. The van der Waals surface area contributed by atoms with Crippen LogP contribution in [0.3, 0.4) is 0 Å². The number of rotatable bonds is 4. The van der Waals surface area contributed by atoms with Gasteiger partial charge < -0.3 is 5.32 Å². The molecule has 0 bridgehead atoms. The number of halogens is 2. The van der Waals surface area contributed by atoms with E-state index < -0.39 is 23.0 Å². The summed E-state index contributed by atoms with van der Waals surface area (Å²) in [5, 5.41) is 2.41. The van der Waals surface area contributed by atoms with Gasteiger partial charge in [-0.15, -0.1) is 0 Å². The van der Waals surface area contributed by atoms with Gasteiger partial charge in [-0.3, -0.25) is 9.59 Å². The summed E-state index contributed by atoms with van der Waals surface area (Å²) in [6.07, 6.45) is -0.291. The maximum Gasteiger partial charge on any atom is 0.224 e. The van der Waals surface area contributed by atoms with Crippen molar-refractivity contribution in [2.45, 2.75) is 27.2 Å². The van der Waals surface area contributed by atoms with Crippen molar-refractivity contribution >= 4 is 11.7 Å². The van der Waals surface area contributed by atoms with E-state index in [9.17, 15) is 18.4 Å². The quantitative estimate of drug-likeness (QED) is 0.911. The molecule has 0 aromatic heterocycles. The van der Waals surface area contributed by atoms with Crippen LogP contribution >= 0.6 is 0 Å². The number of nitrogens with one attached hydrogen (secondary N) is 1. The van der Waals surface area contributed by atoms with E-state index in [2.05, 4.69) is 5.32 Å². The molecular weight excluding hydrogens is 252 g/mol. The van der Waals surface area contributed by atoms with E-state index in [1.807, 2.05) is 0 Å². The van der Waals surface area contributed by atoms with Crippen molar-refractivity contribution in [3.05, 3.63) is 35.4 Å². The average molecular weight is 269 g/mol. The molecule has 3 nitrogen and oxygen atoms in total. The molecule has 0 fully saturated rings. The third-order valence-electron chi connectivity index (χ3n) is 2.67. The van der Waals surface area contributed by atoms with Crippen molar-refractivity contribution in [3.63, 3.8) is 0 Å². The molecule has 0 saturated heterocycles. The molecule has 0 spiro atoms. The number of Topliss-reactive ketones (excluding diaryl/α,β-unsaturated/α-hetero) is 1. The molecule has 0 aliphatic heterocycles. The zero-order valence-electron chi connectivity index (χ0n) is 11.2. The van der Waals surface area contributed by atoms with E-state index in [1.54, 1.807) is 20.8 Å². The Morgan fingerprint density at radius 1 is 1.21 bits per heavy atom. The van der Waals surface area contributed by atoms with Gasteiger partial charge in [0, 0.05) is 11.0 Å². The lowest BCUT2D eigenvalue weighted by molar-refractivity contribution is -0.128.